The molecule has 1 aromatic rings. The lowest BCUT2D eigenvalue weighted by Gasteiger charge is -2.35. The standard InChI is InChI=1S/C17H26N2O/c1-13-6-7-15(14(2)10-13)19-16(20)11-17(12-18)8-4-3-5-9-17/h6-7,10H,3-5,8-9,11-12,18H2,1-2H3,(H,19,20). The van der Waals surface area contributed by atoms with Gasteiger partial charge in [0.25, 0.3) is 0 Å². The van der Waals surface area contributed by atoms with Gasteiger partial charge >= 0.3 is 0 Å². The molecule has 0 heterocycles. The van der Waals surface area contributed by atoms with Crippen LogP contribution in [0.2, 0.25) is 0 Å². The molecule has 110 valence electrons. The minimum absolute atomic E-state index is 0.0287. The molecule has 0 atom stereocenters. The third kappa shape index (κ3) is 3.60. The number of carbonyl (C=O) groups is 1. The highest BCUT2D eigenvalue weighted by Crippen LogP contribution is 2.38. The summed E-state index contributed by atoms with van der Waals surface area (Å²) in [6, 6.07) is 6.11. The SMILES string of the molecule is Cc1ccc(NC(=O)CC2(CN)CCCCC2)c(C)c1. The summed E-state index contributed by atoms with van der Waals surface area (Å²) >= 11 is 0. The topological polar surface area (TPSA) is 55.1 Å². The fraction of sp³-hybridized carbons (Fsp3) is 0.588. The van der Waals surface area contributed by atoms with Crippen LogP contribution in [0.3, 0.4) is 0 Å². The smallest absolute Gasteiger partial charge is 0.224 e. The van der Waals surface area contributed by atoms with Gasteiger partial charge in [0.2, 0.25) is 5.91 Å². The fourth-order valence-electron chi connectivity index (χ4n) is 3.24. The maximum absolute atomic E-state index is 12.3. The molecule has 1 aromatic carbocycles. The molecular formula is C17H26N2O. The summed E-state index contributed by atoms with van der Waals surface area (Å²) in [4.78, 5) is 12.3. The van der Waals surface area contributed by atoms with Crippen LogP contribution in [-0.2, 0) is 4.79 Å². The molecule has 0 aromatic heterocycles. The van der Waals surface area contributed by atoms with E-state index in [0.29, 0.717) is 13.0 Å². The van der Waals surface area contributed by atoms with Crippen LogP contribution in [0.1, 0.15) is 49.7 Å². The number of aryl methyl sites for hydroxylation is 2. The van der Waals surface area contributed by atoms with Gasteiger partial charge < -0.3 is 11.1 Å². The van der Waals surface area contributed by atoms with E-state index in [4.69, 9.17) is 5.73 Å². The minimum Gasteiger partial charge on any atom is -0.330 e. The van der Waals surface area contributed by atoms with Crippen molar-refractivity contribution in [3.05, 3.63) is 29.3 Å². The third-order valence-corrected chi connectivity index (χ3v) is 4.54. The zero-order valence-corrected chi connectivity index (χ0v) is 12.7. The Hall–Kier alpha value is -1.35. The summed E-state index contributed by atoms with van der Waals surface area (Å²) in [7, 11) is 0. The van der Waals surface area contributed by atoms with Crippen molar-refractivity contribution >= 4 is 11.6 Å². The highest BCUT2D eigenvalue weighted by molar-refractivity contribution is 5.92. The van der Waals surface area contributed by atoms with Gasteiger partial charge in [-0.05, 0) is 50.3 Å². The van der Waals surface area contributed by atoms with Crippen LogP contribution in [0.25, 0.3) is 0 Å². The predicted molar refractivity (Wildman–Crippen MR) is 83.7 cm³/mol. The Kier molecular flexibility index (Phi) is 4.81. The number of hydrogen-bond acceptors (Lipinski definition) is 2. The Bertz CT molecular complexity index is 476. The molecule has 1 aliphatic rings. The molecule has 0 spiro atoms. The van der Waals surface area contributed by atoms with E-state index in [1.165, 1.54) is 24.8 Å². The van der Waals surface area contributed by atoms with E-state index in [2.05, 4.69) is 18.3 Å². The lowest BCUT2D eigenvalue weighted by Crippen LogP contribution is -2.36. The van der Waals surface area contributed by atoms with Crippen molar-refractivity contribution in [2.24, 2.45) is 11.1 Å². The number of nitrogens with one attached hydrogen (secondary N) is 1. The second-order valence-electron chi connectivity index (χ2n) is 6.31. The average molecular weight is 274 g/mol. The largest absolute Gasteiger partial charge is 0.330 e. The second kappa shape index (κ2) is 6.40. The first kappa shape index (κ1) is 15.0. The van der Waals surface area contributed by atoms with Gasteiger partial charge in [-0.25, -0.2) is 0 Å². The summed E-state index contributed by atoms with van der Waals surface area (Å²) in [5.41, 5.74) is 9.23. The predicted octanol–water partition coefficient (Wildman–Crippen LogP) is 3.54. The van der Waals surface area contributed by atoms with Gasteiger partial charge in [-0.1, -0.05) is 37.0 Å². The first-order chi connectivity index (χ1) is 9.54. The van der Waals surface area contributed by atoms with Crippen LogP contribution in [-0.4, -0.2) is 12.5 Å². The minimum atomic E-state index is 0.0287. The highest BCUT2D eigenvalue weighted by Gasteiger charge is 2.32. The average Bonchev–Trinajstić information content (AvgIpc) is 2.43. The van der Waals surface area contributed by atoms with E-state index in [-0.39, 0.29) is 11.3 Å². The zero-order chi connectivity index (χ0) is 14.6. The Labute approximate surface area is 121 Å². The van der Waals surface area contributed by atoms with E-state index in [0.717, 1.165) is 24.1 Å². The third-order valence-electron chi connectivity index (χ3n) is 4.54. The van der Waals surface area contributed by atoms with E-state index in [1.807, 2.05) is 19.1 Å². The molecule has 0 saturated heterocycles. The molecular weight excluding hydrogens is 248 g/mol. The summed E-state index contributed by atoms with van der Waals surface area (Å²) in [6.45, 7) is 4.71. The van der Waals surface area contributed by atoms with Crippen molar-refractivity contribution in [1.82, 2.24) is 0 Å². The molecule has 0 unspecified atom stereocenters. The second-order valence-corrected chi connectivity index (χ2v) is 6.31. The highest BCUT2D eigenvalue weighted by atomic mass is 16.1. The van der Waals surface area contributed by atoms with Gasteiger partial charge in [0.1, 0.15) is 0 Å². The Morgan fingerprint density at radius 1 is 1.25 bits per heavy atom. The van der Waals surface area contributed by atoms with Gasteiger partial charge in [-0.2, -0.15) is 0 Å². The molecule has 3 N–H and O–H groups in total. The van der Waals surface area contributed by atoms with Crippen molar-refractivity contribution in [1.29, 1.82) is 0 Å². The molecule has 0 radical (unpaired) electrons. The number of amides is 1. The van der Waals surface area contributed by atoms with E-state index >= 15 is 0 Å². The summed E-state index contributed by atoms with van der Waals surface area (Å²) < 4.78 is 0. The summed E-state index contributed by atoms with van der Waals surface area (Å²) in [5.74, 6) is 0.101. The number of nitrogens with two attached hydrogens (primary N) is 1. The van der Waals surface area contributed by atoms with Gasteiger partial charge in [0.15, 0.2) is 0 Å². The number of rotatable bonds is 4. The van der Waals surface area contributed by atoms with E-state index in [9.17, 15) is 4.79 Å². The molecule has 1 fully saturated rings. The van der Waals surface area contributed by atoms with Crippen LogP contribution in [0, 0.1) is 19.3 Å². The molecule has 1 amide bonds. The van der Waals surface area contributed by atoms with E-state index in [1.54, 1.807) is 0 Å². The first-order valence-electron chi connectivity index (χ1n) is 7.62. The molecule has 20 heavy (non-hydrogen) atoms. The fourth-order valence-corrected chi connectivity index (χ4v) is 3.24. The number of anilines is 1. The quantitative estimate of drug-likeness (QED) is 0.882. The summed E-state index contributed by atoms with van der Waals surface area (Å²) in [6.07, 6.45) is 6.41. The monoisotopic (exact) mass is 274 g/mol. The van der Waals surface area contributed by atoms with Gasteiger partial charge in [-0.15, -0.1) is 0 Å². The molecule has 3 heteroatoms. The molecule has 3 nitrogen and oxygen atoms in total. The van der Waals surface area contributed by atoms with Crippen LogP contribution < -0.4 is 11.1 Å². The lowest BCUT2D eigenvalue weighted by atomic mass is 9.71. The van der Waals surface area contributed by atoms with Crippen molar-refractivity contribution in [2.75, 3.05) is 11.9 Å². The zero-order valence-electron chi connectivity index (χ0n) is 12.7. The van der Waals surface area contributed by atoms with Crippen molar-refractivity contribution in [2.45, 2.75) is 52.4 Å². The maximum Gasteiger partial charge on any atom is 0.224 e. The molecule has 1 saturated carbocycles. The number of carbonyl (C=O) groups excluding carboxylic acids is 1. The van der Waals surface area contributed by atoms with Crippen LogP contribution in [0.4, 0.5) is 5.69 Å². The molecule has 0 aliphatic heterocycles. The van der Waals surface area contributed by atoms with Gasteiger partial charge in [0, 0.05) is 12.1 Å². The summed E-state index contributed by atoms with van der Waals surface area (Å²) in [5, 5.41) is 3.05. The molecule has 0 bridgehead atoms. The Morgan fingerprint density at radius 3 is 2.55 bits per heavy atom. The first-order valence-corrected chi connectivity index (χ1v) is 7.62. The van der Waals surface area contributed by atoms with Crippen molar-refractivity contribution in [3.63, 3.8) is 0 Å². The molecule has 1 aliphatic carbocycles. The van der Waals surface area contributed by atoms with Crippen molar-refractivity contribution < 1.29 is 4.79 Å². The normalized spacial score (nSPS) is 17.8. The Balaban J connectivity index is 2.00. The Morgan fingerprint density at radius 2 is 1.95 bits per heavy atom. The lowest BCUT2D eigenvalue weighted by molar-refractivity contribution is -0.118. The van der Waals surface area contributed by atoms with Gasteiger partial charge in [0.05, 0.1) is 0 Å². The van der Waals surface area contributed by atoms with Crippen LogP contribution in [0.15, 0.2) is 18.2 Å². The van der Waals surface area contributed by atoms with Gasteiger partial charge in [-0.3, -0.25) is 4.79 Å². The van der Waals surface area contributed by atoms with E-state index < -0.39 is 0 Å². The molecule has 2 rings (SSSR count). The number of hydrogen-bond donors (Lipinski definition) is 2. The maximum atomic E-state index is 12.3. The number of benzene rings is 1. The van der Waals surface area contributed by atoms with Crippen LogP contribution in [0.5, 0.6) is 0 Å². The van der Waals surface area contributed by atoms with Crippen molar-refractivity contribution in [3.8, 4) is 0 Å². The van der Waals surface area contributed by atoms with Crippen LogP contribution >= 0.6 is 0 Å².